The maximum absolute atomic E-state index is 8.86. The Bertz CT molecular complexity index is 401. The maximum atomic E-state index is 8.86. The highest BCUT2D eigenvalue weighted by atomic mass is 14.9. The molecule has 1 unspecified atom stereocenters. The Balaban J connectivity index is 3.36. The van der Waals surface area contributed by atoms with Crippen molar-refractivity contribution in [3.63, 3.8) is 0 Å². The summed E-state index contributed by atoms with van der Waals surface area (Å²) in [6, 6.07) is 4.61. The third kappa shape index (κ3) is 2.25. The van der Waals surface area contributed by atoms with Gasteiger partial charge >= 0.3 is 0 Å². The van der Waals surface area contributed by atoms with E-state index in [2.05, 4.69) is 45.1 Å². The summed E-state index contributed by atoms with van der Waals surface area (Å²) in [4.78, 5) is 0. The molecule has 0 saturated heterocycles. The van der Waals surface area contributed by atoms with Crippen LogP contribution >= 0.6 is 0 Å². The SMILES string of the molecule is CNC(CC#N)c1c(C)c(C)cc(C)c1C. The van der Waals surface area contributed by atoms with E-state index < -0.39 is 0 Å². The zero-order valence-electron chi connectivity index (χ0n) is 10.8. The number of hydrogen-bond acceptors (Lipinski definition) is 2. The van der Waals surface area contributed by atoms with Gasteiger partial charge in [0, 0.05) is 6.04 Å². The summed E-state index contributed by atoms with van der Waals surface area (Å²) >= 11 is 0. The van der Waals surface area contributed by atoms with Crippen LogP contribution in [0.1, 0.15) is 40.3 Å². The Hall–Kier alpha value is -1.33. The second-order valence-corrected chi connectivity index (χ2v) is 4.38. The van der Waals surface area contributed by atoms with E-state index >= 15 is 0 Å². The molecule has 1 aromatic rings. The first-order valence-electron chi connectivity index (χ1n) is 5.64. The summed E-state index contributed by atoms with van der Waals surface area (Å²) < 4.78 is 0. The van der Waals surface area contributed by atoms with Gasteiger partial charge in [0.1, 0.15) is 0 Å². The van der Waals surface area contributed by atoms with Gasteiger partial charge in [-0.1, -0.05) is 6.07 Å². The molecule has 0 fully saturated rings. The van der Waals surface area contributed by atoms with Crippen LogP contribution in [0.4, 0.5) is 0 Å². The fourth-order valence-corrected chi connectivity index (χ4v) is 2.21. The van der Waals surface area contributed by atoms with Crippen molar-refractivity contribution in [2.75, 3.05) is 7.05 Å². The van der Waals surface area contributed by atoms with Gasteiger partial charge in [-0.3, -0.25) is 0 Å². The number of aryl methyl sites for hydroxylation is 2. The molecule has 16 heavy (non-hydrogen) atoms. The van der Waals surface area contributed by atoms with E-state index in [4.69, 9.17) is 5.26 Å². The smallest absolute Gasteiger partial charge is 0.0641 e. The van der Waals surface area contributed by atoms with Crippen LogP contribution < -0.4 is 5.32 Å². The number of rotatable bonds is 3. The molecule has 1 atom stereocenters. The summed E-state index contributed by atoms with van der Waals surface area (Å²) in [6.45, 7) is 8.53. The fraction of sp³-hybridized carbons (Fsp3) is 0.500. The minimum Gasteiger partial charge on any atom is -0.312 e. The third-order valence-corrected chi connectivity index (χ3v) is 3.42. The van der Waals surface area contributed by atoms with Gasteiger partial charge < -0.3 is 5.32 Å². The summed E-state index contributed by atoms with van der Waals surface area (Å²) in [5.41, 5.74) is 6.50. The van der Waals surface area contributed by atoms with Crippen LogP contribution in [0.2, 0.25) is 0 Å². The Morgan fingerprint density at radius 3 is 2.06 bits per heavy atom. The second kappa shape index (κ2) is 5.14. The van der Waals surface area contributed by atoms with Crippen molar-refractivity contribution >= 4 is 0 Å². The Labute approximate surface area is 98.3 Å². The van der Waals surface area contributed by atoms with Gasteiger partial charge in [0.05, 0.1) is 12.5 Å². The molecule has 2 heteroatoms. The van der Waals surface area contributed by atoms with Crippen molar-refractivity contribution in [1.29, 1.82) is 5.26 Å². The lowest BCUT2D eigenvalue weighted by Crippen LogP contribution is -2.19. The molecule has 2 nitrogen and oxygen atoms in total. The standard InChI is InChI=1S/C14H20N2/c1-9-8-10(2)12(4)14(11(9)3)13(16-5)6-7-15/h8,13,16H,6H2,1-5H3. The Morgan fingerprint density at radius 1 is 1.19 bits per heavy atom. The van der Waals surface area contributed by atoms with Crippen molar-refractivity contribution in [2.24, 2.45) is 0 Å². The van der Waals surface area contributed by atoms with Gasteiger partial charge in [0.15, 0.2) is 0 Å². The van der Waals surface area contributed by atoms with Crippen LogP contribution in [-0.4, -0.2) is 7.05 Å². The van der Waals surface area contributed by atoms with Crippen molar-refractivity contribution in [1.82, 2.24) is 5.32 Å². The molecule has 0 aliphatic rings. The number of benzene rings is 1. The lowest BCUT2D eigenvalue weighted by molar-refractivity contribution is 0.600. The monoisotopic (exact) mass is 216 g/mol. The molecular weight excluding hydrogens is 196 g/mol. The molecule has 0 radical (unpaired) electrons. The number of nitrogens with one attached hydrogen (secondary N) is 1. The van der Waals surface area contributed by atoms with Crippen molar-refractivity contribution < 1.29 is 0 Å². The molecule has 0 spiro atoms. The molecule has 0 aliphatic carbocycles. The molecule has 0 aliphatic heterocycles. The molecular formula is C14H20N2. The van der Waals surface area contributed by atoms with Crippen LogP contribution in [0.15, 0.2) is 6.07 Å². The van der Waals surface area contributed by atoms with Crippen molar-refractivity contribution in [3.05, 3.63) is 33.9 Å². The first-order chi connectivity index (χ1) is 7.52. The fourth-order valence-electron chi connectivity index (χ4n) is 2.21. The quantitative estimate of drug-likeness (QED) is 0.842. The highest BCUT2D eigenvalue weighted by Gasteiger charge is 2.16. The number of hydrogen-bond donors (Lipinski definition) is 1. The molecule has 1 rings (SSSR count). The summed E-state index contributed by atoms with van der Waals surface area (Å²) in [7, 11) is 1.92. The molecule has 0 saturated carbocycles. The minimum atomic E-state index is 0.142. The third-order valence-electron chi connectivity index (χ3n) is 3.42. The summed E-state index contributed by atoms with van der Waals surface area (Å²) in [5.74, 6) is 0. The van der Waals surface area contributed by atoms with Crippen LogP contribution in [0.25, 0.3) is 0 Å². The first kappa shape index (κ1) is 12.7. The van der Waals surface area contributed by atoms with Gasteiger partial charge in [0.25, 0.3) is 0 Å². The minimum absolute atomic E-state index is 0.142. The van der Waals surface area contributed by atoms with E-state index in [1.165, 1.54) is 27.8 Å². The van der Waals surface area contributed by atoms with Crippen molar-refractivity contribution in [2.45, 2.75) is 40.2 Å². The Kier molecular flexibility index (Phi) is 4.09. The normalized spacial score (nSPS) is 12.2. The van der Waals surface area contributed by atoms with E-state index in [1.54, 1.807) is 0 Å². The lowest BCUT2D eigenvalue weighted by atomic mass is 9.89. The molecule has 1 N–H and O–H groups in total. The van der Waals surface area contributed by atoms with Crippen LogP contribution in [0.5, 0.6) is 0 Å². The second-order valence-electron chi connectivity index (χ2n) is 4.38. The van der Waals surface area contributed by atoms with Crippen LogP contribution in [0, 0.1) is 39.0 Å². The van der Waals surface area contributed by atoms with Gasteiger partial charge in [-0.15, -0.1) is 0 Å². The maximum Gasteiger partial charge on any atom is 0.0641 e. The Morgan fingerprint density at radius 2 is 1.69 bits per heavy atom. The van der Waals surface area contributed by atoms with E-state index in [1.807, 2.05) is 7.05 Å². The molecule has 1 aromatic carbocycles. The average Bonchev–Trinajstić information content (AvgIpc) is 2.25. The highest BCUT2D eigenvalue weighted by Crippen LogP contribution is 2.28. The lowest BCUT2D eigenvalue weighted by Gasteiger charge is -2.21. The van der Waals surface area contributed by atoms with E-state index in [-0.39, 0.29) is 6.04 Å². The summed E-state index contributed by atoms with van der Waals surface area (Å²) in [5, 5.41) is 12.1. The van der Waals surface area contributed by atoms with Crippen LogP contribution in [-0.2, 0) is 0 Å². The molecule has 0 bridgehead atoms. The molecule has 0 heterocycles. The number of nitrogens with zero attached hydrogens (tertiary/aromatic N) is 1. The summed E-state index contributed by atoms with van der Waals surface area (Å²) in [6.07, 6.45) is 0.515. The van der Waals surface area contributed by atoms with E-state index in [0.29, 0.717) is 6.42 Å². The van der Waals surface area contributed by atoms with Gasteiger partial charge in [-0.2, -0.15) is 5.26 Å². The van der Waals surface area contributed by atoms with Gasteiger partial charge in [0.2, 0.25) is 0 Å². The van der Waals surface area contributed by atoms with E-state index in [9.17, 15) is 0 Å². The van der Waals surface area contributed by atoms with E-state index in [0.717, 1.165) is 0 Å². The van der Waals surface area contributed by atoms with Gasteiger partial charge in [-0.05, 0) is 62.6 Å². The van der Waals surface area contributed by atoms with Crippen molar-refractivity contribution in [3.8, 4) is 6.07 Å². The first-order valence-corrected chi connectivity index (χ1v) is 5.64. The highest BCUT2D eigenvalue weighted by molar-refractivity contribution is 5.45. The average molecular weight is 216 g/mol. The molecule has 86 valence electrons. The predicted octanol–water partition coefficient (Wildman–Crippen LogP) is 3.09. The zero-order chi connectivity index (χ0) is 12.3. The molecule has 0 aromatic heterocycles. The predicted molar refractivity (Wildman–Crippen MR) is 67.4 cm³/mol. The molecule has 0 amide bonds. The van der Waals surface area contributed by atoms with Crippen LogP contribution in [0.3, 0.4) is 0 Å². The largest absolute Gasteiger partial charge is 0.312 e. The zero-order valence-corrected chi connectivity index (χ0v) is 10.8. The number of nitriles is 1. The topological polar surface area (TPSA) is 35.8 Å². The van der Waals surface area contributed by atoms with Gasteiger partial charge in [-0.25, -0.2) is 0 Å².